The summed E-state index contributed by atoms with van der Waals surface area (Å²) in [4.78, 5) is 30.6. The minimum absolute atomic E-state index is 0.104. The third-order valence-electron chi connectivity index (χ3n) is 3.91. The summed E-state index contributed by atoms with van der Waals surface area (Å²) in [5, 5.41) is 1.84. The molecule has 2 amide bonds. The van der Waals surface area contributed by atoms with Gasteiger partial charge in [0.2, 0.25) is 5.91 Å². The number of carbonyl (C=O) groups excluding carboxylic acids is 2. The highest BCUT2D eigenvalue weighted by Gasteiger charge is 2.35. The molecule has 1 saturated heterocycles. The van der Waals surface area contributed by atoms with Gasteiger partial charge >= 0.3 is 0 Å². The van der Waals surface area contributed by atoms with E-state index >= 15 is 0 Å². The number of carbonyl (C=O) groups is 2. The van der Waals surface area contributed by atoms with Gasteiger partial charge in [0.05, 0.1) is 5.92 Å². The van der Waals surface area contributed by atoms with Crippen molar-refractivity contribution < 1.29 is 14.0 Å². The van der Waals surface area contributed by atoms with Gasteiger partial charge in [0.1, 0.15) is 5.82 Å². The molecule has 5 nitrogen and oxygen atoms in total. The zero-order valence-electron chi connectivity index (χ0n) is 12.8. The van der Waals surface area contributed by atoms with Gasteiger partial charge in [-0.15, -0.1) is 11.3 Å². The number of aryl methyl sites for hydroxylation is 2. The zero-order valence-corrected chi connectivity index (χ0v) is 13.6. The van der Waals surface area contributed by atoms with Gasteiger partial charge in [0.15, 0.2) is 4.80 Å². The monoisotopic (exact) mass is 333 g/mol. The van der Waals surface area contributed by atoms with E-state index in [9.17, 15) is 14.0 Å². The van der Waals surface area contributed by atoms with Crippen molar-refractivity contribution in [1.82, 2.24) is 4.57 Å². The van der Waals surface area contributed by atoms with E-state index in [-0.39, 0.29) is 30.6 Å². The fraction of sp³-hybridized carbons (Fsp3) is 0.312. The number of nitrogens with zero attached hydrogens (tertiary/aromatic N) is 3. The fourth-order valence-electron chi connectivity index (χ4n) is 2.49. The van der Waals surface area contributed by atoms with Crippen LogP contribution in [-0.4, -0.2) is 22.9 Å². The van der Waals surface area contributed by atoms with Crippen molar-refractivity contribution in [2.75, 3.05) is 11.4 Å². The van der Waals surface area contributed by atoms with Gasteiger partial charge in [-0.1, -0.05) is 6.07 Å². The Morgan fingerprint density at radius 2 is 2.22 bits per heavy atom. The summed E-state index contributed by atoms with van der Waals surface area (Å²) in [6.45, 7) is 1.90. The number of anilines is 1. The highest BCUT2D eigenvalue weighted by atomic mass is 32.1. The Morgan fingerprint density at radius 1 is 1.43 bits per heavy atom. The normalized spacial score (nSPS) is 18.7. The average molecular weight is 333 g/mol. The second-order valence-corrected chi connectivity index (χ2v) is 6.46. The molecule has 2 aromatic rings. The minimum Gasteiger partial charge on any atom is -0.327 e. The Balaban J connectivity index is 1.81. The van der Waals surface area contributed by atoms with E-state index in [1.54, 1.807) is 23.6 Å². The minimum atomic E-state index is -0.492. The van der Waals surface area contributed by atoms with E-state index < -0.39 is 5.92 Å². The molecule has 0 saturated carbocycles. The molecule has 1 atom stereocenters. The molecule has 0 spiro atoms. The fourth-order valence-corrected chi connectivity index (χ4v) is 3.23. The Morgan fingerprint density at radius 3 is 2.87 bits per heavy atom. The summed E-state index contributed by atoms with van der Waals surface area (Å²) in [5.41, 5.74) is 1.00. The van der Waals surface area contributed by atoms with Crippen LogP contribution in [0.15, 0.2) is 34.8 Å². The topological polar surface area (TPSA) is 54.7 Å². The van der Waals surface area contributed by atoms with E-state index in [1.165, 1.54) is 22.3 Å². The summed E-state index contributed by atoms with van der Waals surface area (Å²) >= 11 is 1.37. The van der Waals surface area contributed by atoms with Crippen LogP contribution in [0.5, 0.6) is 0 Å². The first-order valence-electron chi connectivity index (χ1n) is 7.21. The highest BCUT2D eigenvalue weighted by molar-refractivity contribution is 7.07. The van der Waals surface area contributed by atoms with E-state index in [2.05, 4.69) is 4.99 Å². The van der Waals surface area contributed by atoms with E-state index in [4.69, 9.17) is 0 Å². The molecule has 2 heterocycles. The van der Waals surface area contributed by atoms with Crippen LogP contribution < -0.4 is 9.70 Å². The lowest BCUT2D eigenvalue weighted by molar-refractivity contribution is -0.123. The number of hydrogen-bond acceptors (Lipinski definition) is 3. The molecule has 0 unspecified atom stereocenters. The first-order valence-corrected chi connectivity index (χ1v) is 8.09. The van der Waals surface area contributed by atoms with Crippen LogP contribution in [0.1, 0.15) is 12.0 Å². The number of aromatic nitrogens is 1. The second-order valence-electron chi connectivity index (χ2n) is 5.59. The maximum Gasteiger partial charge on any atom is 0.253 e. The molecule has 3 rings (SSSR count). The summed E-state index contributed by atoms with van der Waals surface area (Å²) < 4.78 is 15.4. The van der Waals surface area contributed by atoms with Crippen molar-refractivity contribution in [2.24, 2.45) is 18.0 Å². The SMILES string of the molecule is Cc1ccc(N2C[C@H](C(=O)N=c3sccn3C)CC2=O)cc1F. The molecule has 0 radical (unpaired) electrons. The van der Waals surface area contributed by atoms with Gasteiger partial charge < -0.3 is 9.47 Å². The molecular weight excluding hydrogens is 317 g/mol. The van der Waals surface area contributed by atoms with Crippen LogP contribution in [0.3, 0.4) is 0 Å². The van der Waals surface area contributed by atoms with Crippen molar-refractivity contribution in [2.45, 2.75) is 13.3 Å². The molecule has 1 aliphatic heterocycles. The third kappa shape index (κ3) is 3.10. The van der Waals surface area contributed by atoms with Crippen LogP contribution in [0.2, 0.25) is 0 Å². The number of rotatable bonds is 2. The molecule has 1 aromatic carbocycles. The van der Waals surface area contributed by atoms with Crippen molar-refractivity contribution >= 4 is 28.8 Å². The molecule has 0 bridgehead atoms. The molecule has 1 aliphatic rings. The van der Waals surface area contributed by atoms with Crippen molar-refractivity contribution in [3.05, 3.63) is 46.0 Å². The Labute approximate surface area is 136 Å². The number of benzene rings is 1. The van der Waals surface area contributed by atoms with Crippen molar-refractivity contribution in [3.8, 4) is 0 Å². The Hall–Kier alpha value is -2.28. The first-order chi connectivity index (χ1) is 11.0. The van der Waals surface area contributed by atoms with Gasteiger partial charge in [0, 0.05) is 37.3 Å². The predicted molar refractivity (Wildman–Crippen MR) is 85.5 cm³/mol. The molecular formula is C16H16FN3O2S. The third-order valence-corrected chi connectivity index (χ3v) is 4.75. The van der Waals surface area contributed by atoms with Crippen LogP contribution in [-0.2, 0) is 16.6 Å². The Kier molecular flexibility index (Phi) is 4.12. The summed E-state index contributed by atoms with van der Waals surface area (Å²) in [6.07, 6.45) is 1.92. The molecule has 0 N–H and O–H groups in total. The quantitative estimate of drug-likeness (QED) is 0.844. The Bertz CT molecular complexity index is 840. The lowest BCUT2D eigenvalue weighted by Gasteiger charge is -2.16. The predicted octanol–water partition coefficient (Wildman–Crippen LogP) is 2.01. The van der Waals surface area contributed by atoms with Gasteiger partial charge in [-0.3, -0.25) is 9.59 Å². The van der Waals surface area contributed by atoms with Gasteiger partial charge in [-0.2, -0.15) is 4.99 Å². The first kappa shape index (κ1) is 15.6. The number of hydrogen-bond donors (Lipinski definition) is 0. The second kappa shape index (κ2) is 6.08. The highest BCUT2D eigenvalue weighted by Crippen LogP contribution is 2.27. The van der Waals surface area contributed by atoms with Crippen LogP contribution >= 0.6 is 11.3 Å². The zero-order chi connectivity index (χ0) is 16.6. The lowest BCUT2D eigenvalue weighted by Crippen LogP contribution is -2.26. The largest absolute Gasteiger partial charge is 0.327 e. The summed E-state index contributed by atoms with van der Waals surface area (Å²) in [5.74, 6) is -1.35. The van der Waals surface area contributed by atoms with Crippen LogP contribution in [0.25, 0.3) is 0 Å². The number of halogens is 1. The molecule has 23 heavy (non-hydrogen) atoms. The maximum absolute atomic E-state index is 13.7. The molecule has 120 valence electrons. The van der Waals surface area contributed by atoms with Crippen molar-refractivity contribution in [1.29, 1.82) is 0 Å². The smallest absolute Gasteiger partial charge is 0.253 e. The number of thiazole rings is 1. The van der Waals surface area contributed by atoms with Crippen LogP contribution in [0.4, 0.5) is 10.1 Å². The standard InChI is InChI=1S/C16H16FN3O2S/c1-10-3-4-12(8-13(10)17)20-9-11(7-14(20)21)15(22)18-16-19(2)5-6-23-16/h3-6,8,11H,7,9H2,1-2H3/t11-/m1/s1. The molecule has 1 fully saturated rings. The average Bonchev–Trinajstić information content (AvgIpc) is 3.09. The van der Waals surface area contributed by atoms with E-state index in [0.717, 1.165) is 0 Å². The van der Waals surface area contributed by atoms with E-state index in [1.807, 2.05) is 18.6 Å². The molecule has 0 aliphatic carbocycles. The van der Waals surface area contributed by atoms with E-state index in [0.29, 0.717) is 16.1 Å². The summed E-state index contributed by atoms with van der Waals surface area (Å²) in [6, 6.07) is 4.65. The molecule has 7 heteroatoms. The lowest BCUT2D eigenvalue weighted by atomic mass is 10.1. The number of amides is 2. The maximum atomic E-state index is 13.7. The van der Waals surface area contributed by atoms with Gasteiger partial charge in [-0.25, -0.2) is 4.39 Å². The van der Waals surface area contributed by atoms with Crippen molar-refractivity contribution in [3.63, 3.8) is 0 Å². The molecule has 1 aromatic heterocycles. The summed E-state index contributed by atoms with van der Waals surface area (Å²) in [7, 11) is 1.81. The van der Waals surface area contributed by atoms with Crippen LogP contribution in [0, 0.1) is 18.7 Å². The van der Waals surface area contributed by atoms with Gasteiger partial charge in [0.25, 0.3) is 5.91 Å². The van der Waals surface area contributed by atoms with Gasteiger partial charge in [-0.05, 0) is 24.6 Å².